The lowest BCUT2D eigenvalue weighted by Gasteiger charge is -2.58. The number of hydrogen-bond donors (Lipinski definition) is 1. The van der Waals surface area contributed by atoms with Gasteiger partial charge in [0.15, 0.2) is 0 Å². The Morgan fingerprint density at radius 2 is 1.50 bits per heavy atom. The molecule has 1 unspecified atom stereocenters. The smallest absolute Gasteiger partial charge is 0.137 e. The lowest BCUT2D eigenvalue weighted by Crippen LogP contribution is -2.55. The fourth-order valence-corrected chi connectivity index (χ4v) is 4.73. The maximum Gasteiger partial charge on any atom is 0.137 e. The molecule has 14 heavy (non-hydrogen) atoms. The third kappa shape index (κ3) is 1.10. The van der Waals surface area contributed by atoms with Crippen molar-refractivity contribution in [3.8, 4) is 0 Å². The minimum Gasteiger partial charge on any atom is -0.321 e. The molecule has 4 saturated carbocycles. The van der Waals surface area contributed by atoms with Gasteiger partial charge in [0.2, 0.25) is 0 Å². The van der Waals surface area contributed by atoms with Crippen molar-refractivity contribution in [2.75, 3.05) is 0 Å². The van der Waals surface area contributed by atoms with Gasteiger partial charge >= 0.3 is 0 Å². The Labute approximate surface area is 85.2 Å². The van der Waals surface area contributed by atoms with Gasteiger partial charge in [-0.15, -0.1) is 0 Å². The van der Waals surface area contributed by atoms with E-state index >= 15 is 0 Å². The van der Waals surface area contributed by atoms with Crippen LogP contribution in [0.4, 0.5) is 0 Å². The number of carbonyl (C=O) groups is 1. The molecule has 2 nitrogen and oxygen atoms in total. The van der Waals surface area contributed by atoms with E-state index in [0.29, 0.717) is 0 Å². The molecule has 0 spiro atoms. The molecule has 0 radical (unpaired) electrons. The summed E-state index contributed by atoms with van der Waals surface area (Å²) in [6.45, 7) is 0. The lowest BCUT2D eigenvalue weighted by atomic mass is 9.48. The summed E-state index contributed by atoms with van der Waals surface area (Å²) in [4.78, 5) is 10.9. The molecular formula is C12H19NO. The predicted octanol–water partition coefficient (Wildman–Crippen LogP) is 1.73. The predicted molar refractivity (Wildman–Crippen MR) is 54.6 cm³/mol. The fraction of sp³-hybridized carbons (Fsp3) is 0.917. The van der Waals surface area contributed by atoms with E-state index in [1.807, 2.05) is 0 Å². The van der Waals surface area contributed by atoms with E-state index in [9.17, 15) is 4.79 Å². The molecule has 78 valence electrons. The Kier molecular flexibility index (Phi) is 1.79. The van der Waals surface area contributed by atoms with Crippen LogP contribution in [0.25, 0.3) is 0 Å². The highest BCUT2D eigenvalue weighted by Gasteiger charge is 2.53. The number of hydrogen-bond acceptors (Lipinski definition) is 2. The second-order valence-electron chi connectivity index (χ2n) is 5.94. The maximum atomic E-state index is 10.9. The molecule has 2 heteroatoms. The Morgan fingerprint density at radius 3 is 1.86 bits per heavy atom. The zero-order chi connectivity index (χ0) is 9.76. The van der Waals surface area contributed by atoms with E-state index in [1.165, 1.54) is 38.5 Å². The van der Waals surface area contributed by atoms with E-state index < -0.39 is 0 Å². The zero-order valence-corrected chi connectivity index (χ0v) is 8.61. The van der Waals surface area contributed by atoms with Gasteiger partial charge in [-0.05, 0) is 61.7 Å². The topological polar surface area (TPSA) is 43.1 Å². The van der Waals surface area contributed by atoms with Crippen LogP contribution in [0.15, 0.2) is 0 Å². The van der Waals surface area contributed by atoms with Crippen molar-refractivity contribution in [2.24, 2.45) is 28.9 Å². The summed E-state index contributed by atoms with van der Waals surface area (Å²) < 4.78 is 0. The SMILES string of the molecule is NC(C=O)C12CC3CC(CC(C3)C1)C2. The maximum absolute atomic E-state index is 10.9. The van der Waals surface area contributed by atoms with Crippen LogP contribution < -0.4 is 5.73 Å². The van der Waals surface area contributed by atoms with Crippen molar-refractivity contribution in [2.45, 2.75) is 44.6 Å². The van der Waals surface area contributed by atoms with Gasteiger partial charge in [0, 0.05) is 0 Å². The van der Waals surface area contributed by atoms with Crippen molar-refractivity contribution in [3.05, 3.63) is 0 Å². The molecule has 4 aliphatic rings. The quantitative estimate of drug-likeness (QED) is 0.679. The molecule has 0 aromatic rings. The van der Waals surface area contributed by atoms with Crippen LogP contribution in [0.3, 0.4) is 0 Å². The first kappa shape index (κ1) is 8.90. The van der Waals surface area contributed by atoms with E-state index in [-0.39, 0.29) is 11.5 Å². The summed E-state index contributed by atoms with van der Waals surface area (Å²) >= 11 is 0. The van der Waals surface area contributed by atoms with E-state index in [4.69, 9.17) is 5.73 Å². The Balaban J connectivity index is 1.90. The standard InChI is InChI=1S/C12H19NO/c13-11(7-14)12-4-8-1-9(5-12)3-10(2-8)6-12/h7-11H,1-6,13H2. The van der Waals surface area contributed by atoms with Gasteiger partial charge in [-0.2, -0.15) is 0 Å². The van der Waals surface area contributed by atoms with E-state index in [0.717, 1.165) is 24.0 Å². The van der Waals surface area contributed by atoms with Crippen LogP contribution >= 0.6 is 0 Å². The third-order valence-electron chi connectivity index (χ3n) is 4.94. The molecule has 4 rings (SSSR count). The molecule has 2 N–H and O–H groups in total. The largest absolute Gasteiger partial charge is 0.321 e. The fourth-order valence-electron chi connectivity index (χ4n) is 4.73. The lowest BCUT2D eigenvalue weighted by molar-refractivity contribution is -0.119. The summed E-state index contributed by atoms with van der Waals surface area (Å²) in [5.41, 5.74) is 6.22. The van der Waals surface area contributed by atoms with Crippen LogP contribution in [-0.4, -0.2) is 12.3 Å². The molecule has 0 aliphatic heterocycles. The average Bonchev–Trinajstić information content (AvgIpc) is 2.14. The van der Waals surface area contributed by atoms with Crippen molar-refractivity contribution in [3.63, 3.8) is 0 Å². The zero-order valence-electron chi connectivity index (χ0n) is 8.61. The summed E-state index contributed by atoms with van der Waals surface area (Å²) in [7, 11) is 0. The first-order valence-corrected chi connectivity index (χ1v) is 5.93. The Bertz CT molecular complexity index is 226. The number of carbonyl (C=O) groups excluding carboxylic acids is 1. The Hall–Kier alpha value is -0.370. The van der Waals surface area contributed by atoms with Gasteiger partial charge in [-0.3, -0.25) is 0 Å². The summed E-state index contributed by atoms with van der Waals surface area (Å²) in [6, 6.07) is -0.184. The first-order valence-electron chi connectivity index (χ1n) is 5.93. The summed E-state index contributed by atoms with van der Waals surface area (Å²) in [5, 5.41) is 0. The highest BCUT2D eigenvalue weighted by Crippen LogP contribution is 2.60. The monoisotopic (exact) mass is 193 g/mol. The van der Waals surface area contributed by atoms with Crippen LogP contribution in [0, 0.1) is 23.2 Å². The van der Waals surface area contributed by atoms with E-state index in [2.05, 4.69) is 0 Å². The average molecular weight is 193 g/mol. The summed E-state index contributed by atoms with van der Waals surface area (Å²) in [5.74, 6) is 2.69. The van der Waals surface area contributed by atoms with Crippen LogP contribution in [0.2, 0.25) is 0 Å². The molecule has 0 amide bonds. The van der Waals surface area contributed by atoms with Crippen molar-refractivity contribution in [1.29, 1.82) is 0 Å². The number of nitrogens with two attached hydrogens (primary N) is 1. The highest BCUT2D eigenvalue weighted by molar-refractivity contribution is 5.59. The van der Waals surface area contributed by atoms with Gasteiger partial charge in [-0.1, -0.05) is 0 Å². The van der Waals surface area contributed by atoms with Crippen LogP contribution in [-0.2, 0) is 4.79 Å². The van der Waals surface area contributed by atoms with Gasteiger partial charge in [-0.25, -0.2) is 0 Å². The number of aldehydes is 1. The van der Waals surface area contributed by atoms with Crippen molar-refractivity contribution in [1.82, 2.24) is 0 Å². The molecular weight excluding hydrogens is 174 g/mol. The Morgan fingerprint density at radius 1 is 1.07 bits per heavy atom. The van der Waals surface area contributed by atoms with E-state index in [1.54, 1.807) is 0 Å². The number of rotatable bonds is 2. The molecule has 0 aromatic carbocycles. The van der Waals surface area contributed by atoms with Crippen molar-refractivity contribution >= 4 is 6.29 Å². The molecule has 4 bridgehead atoms. The molecule has 0 aromatic heterocycles. The van der Waals surface area contributed by atoms with Crippen LogP contribution in [0.5, 0.6) is 0 Å². The van der Waals surface area contributed by atoms with Crippen molar-refractivity contribution < 1.29 is 4.79 Å². The first-order chi connectivity index (χ1) is 6.72. The molecule has 0 saturated heterocycles. The second kappa shape index (κ2) is 2.82. The minimum absolute atomic E-state index is 0.184. The highest BCUT2D eigenvalue weighted by atomic mass is 16.1. The molecule has 4 aliphatic carbocycles. The third-order valence-corrected chi connectivity index (χ3v) is 4.94. The molecule has 0 heterocycles. The molecule has 1 atom stereocenters. The summed E-state index contributed by atoms with van der Waals surface area (Å²) in [6.07, 6.45) is 8.96. The normalized spacial score (nSPS) is 51.9. The second-order valence-corrected chi connectivity index (χ2v) is 5.94. The van der Waals surface area contributed by atoms with Gasteiger partial charge < -0.3 is 10.5 Å². The minimum atomic E-state index is -0.184. The van der Waals surface area contributed by atoms with Gasteiger partial charge in [0.05, 0.1) is 6.04 Å². The van der Waals surface area contributed by atoms with Gasteiger partial charge in [0.25, 0.3) is 0 Å². The van der Waals surface area contributed by atoms with Gasteiger partial charge in [0.1, 0.15) is 6.29 Å². The molecule has 4 fully saturated rings. The van der Waals surface area contributed by atoms with Crippen LogP contribution in [0.1, 0.15) is 38.5 Å².